The van der Waals surface area contributed by atoms with Crippen LogP contribution in [0.1, 0.15) is 18.9 Å². The van der Waals surface area contributed by atoms with Crippen molar-refractivity contribution in [1.29, 1.82) is 0 Å². The summed E-state index contributed by atoms with van der Waals surface area (Å²) >= 11 is 13.4. The third-order valence-corrected chi connectivity index (χ3v) is 7.21. The molecular weight excluding hydrogens is 568 g/mol. The monoisotopic (exact) mass is 589 g/mol. The number of benzene rings is 3. The Hall–Kier alpha value is -3.60. The van der Waals surface area contributed by atoms with E-state index in [4.69, 9.17) is 32.7 Å². The Kier molecular flexibility index (Phi) is 9.11. The highest BCUT2D eigenvalue weighted by Gasteiger charge is 2.39. The van der Waals surface area contributed by atoms with Gasteiger partial charge >= 0.3 is 5.97 Å². The van der Waals surface area contributed by atoms with Gasteiger partial charge in [0, 0.05) is 19.0 Å². The minimum absolute atomic E-state index is 0.0128. The average molecular weight is 590 g/mol. The molecule has 0 saturated carbocycles. The Morgan fingerprint density at radius 3 is 2.31 bits per heavy atom. The van der Waals surface area contributed by atoms with Crippen molar-refractivity contribution in [1.82, 2.24) is 4.90 Å². The summed E-state index contributed by atoms with van der Waals surface area (Å²) in [5.74, 6) is -1.09. The van der Waals surface area contributed by atoms with Crippen molar-refractivity contribution >= 4 is 69.3 Å². The zero-order chi connectivity index (χ0) is 28.1. The van der Waals surface area contributed by atoms with Gasteiger partial charge in [-0.2, -0.15) is 0 Å². The number of hydrogen-bond donors (Lipinski definition) is 1. The molecule has 3 aromatic rings. The minimum atomic E-state index is -0.756. The van der Waals surface area contributed by atoms with Gasteiger partial charge in [-0.3, -0.25) is 19.3 Å². The van der Waals surface area contributed by atoms with Crippen LogP contribution in [0.25, 0.3) is 0 Å². The fourth-order valence-electron chi connectivity index (χ4n) is 3.66. The largest absolute Gasteiger partial charge is 0.497 e. The maximum Gasteiger partial charge on any atom is 0.308 e. The molecule has 1 aliphatic rings. The molecule has 202 valence electrons. The summed E-state index contributed by atoms with van der Waals surface area (Å²) in [6.07, 6.45) is -0.161. The quantitative estimate of drug-likeness (QED) is 0.247. The van der Waals surface area contributed by atoms with E-state index in [1.54, 1.807) is 19.2 Å². The van der Waals surface area contributed by atoms with E-state index in [1.807, 2.05) is 12.1 Å². The number of carbonyl (C=O) groups is 3. The van der Waals surface area contributed by atoms with Gasteiger partial charge in [0.25, 0.3) is 0 Å². The summed E-state index contributed by atoms with van der Waals surface area (Å²) < 4.78 is 23.6. The second-order valence-electron chi connectivity index (χ2n) is 8.36. The topological polar surface area (TPSA) is 97.3 Å². The summed E-state index contributed by atoms with van der Waals surface area (Å²) in [5, 5.41) is 2.38. The van der Waals surface area contributed by atoms with Crippen LogP contribution in [0.15, 0.2) is 65.7 Å². The predicted molar refractivity (Wildman–Crippen MR) is 149 cm³/mol. The number of rotatable bonds is 8. The van der Waals surface area contributed by atoms with Gasteiger partial charge in [-0.05, 0) is 54.1 Å². The van der Waals surface area contributed by atoms with Crippen LogP contribution in [-0.4, -0.2) is 40.2 Å². The van der Waals surface area contributed by atoms with Gasteiger partial charge in [0.1, 0.15) is 16.8 Å². The smallest absolute Gasteiger partial charge is 0.308 e. The number of hydrogen-bond acceptors (Lipinski definition) is 7. The fourth-order valence-corrected chi connectivity index (χ4v) is 5.39. The predicted octanol–water partition coefficient (Wildman–Crippen LogP) is 6.23. The maximum absolute atomic E-state index is 13.4. The number of anilines is 1. The van der Waals surface area contributed by atoms with E-state index < -0.39 is 22.9 Å². The van der Waals surface area contributed by atoms with Crippen LogP contribution in [-0.2, 0) is 20.9 Å². The first kappa shape index (κ1) is 28.4. The van der Waals surface area contributed by atoms with E-state index in [-0.39, 0.29) is 40.4 Å². The van der Waals surface area contributed by atoms with Gasteiger partial charge in [-0.15, -0.1) is 0 Å². The molecule has 39 heavy (non-hydrogen) atoms. The zero-order valence-electron chi connectivity index (χ0n) is 20.7. The van der Waals surface area contributed by atoms with E-state index in [0.717, 1.165) is 17.3 Å². The Bertz CT molecular complexity index is 1410. The average Bonchev–Trinajstić information content (AvgIpc) is 3.16. The van der Waals surface area contributed by atoms with Crippen LogP contribution in [0.2, 0.25) is 10.0 Å². The maximum atomic E-state index is 13.4. The van der Waals surface area contributed by atoms with E-state index >= 15 is 0 Å². The number of nitrogens with one attached hydrogen (secondary N) is 1. The molecule has 0 bridgehead atoms. The molecule has 3 aromatic carbocycles. The zero-order valence-corrected chi connectivity index (χ0v) is 23.1. The standard InChI is InChI=1S/C27H22Cl2FN3O5S/c1-15(34)38-25-21(28)11-19(12-22(25)29)31-24(35)13-23-26(36)33(14-16-3-9-20(37-2)10-4-16)27(39-23)32-18-7-5-17(30)6-8-18/h3-12,23H,13-14H2,1-2H3,(H,31,35)/t23-/m1/s1. The lowest BCUT2D eigenvalue weighted by atomic mass is 10.2. The number of aliphatic imine (C=N–C) groups is 1. The van der Waals surface area contributed by atoms with Gasteiger partial charge in [0.05, 0.1) is 29.4 Å². The highest BCUT2D eigenvalue weighted by atomic mass is 35.5. The van der Waals surface area contributed by atoms with E-state index in [2.05, 4.69) is 10.3 Å². The molecule has 0 aliphatic carbocycles. The highest BCUT2D eigenvalue weighted by Crippen LogP contribution is 2.37. The Balaban J connectivity index is 1.52. The third-order valence-electron chi connectivity index (χ3n) is 5.47. The normalized spacial score (nSPS) is 15.9. The second kappa shape index (κ2) is 12.5. The Morgan fingerprint density at radius 1 is 1.08 bits per heavy atom. The summed E-state index contributed by atoms with van der Waals surface area (Å²) in [6.45, 7) is 1.43. The summed E-state index contributed by atoms with van der Waals surface area (Å²) in [4.78, 5) is 43.6. The van der Waals surface area contributed by atoms with E-state index in [1.165, 1.54) is 48.2 Å². The molecule has 0 aromatic heterocycles. The van der Waals surface area contributed by atoms with Crippen LogP contribution in [0.4, 0.5) is 15.8 Å². The number of methoxy groups -OCH3 is 1. The summed E-state index contributed by atoms with van der Waals surface area (Å²) in [5.41, 5.74) is 1.57. The van der Waals surface area contributed by atoms with Crippen molar-refractivity contribution in [2.45, 2.75) is 25.1 Å². The molecule has 1 aliphatic heterocycles. The number of halogens is 3. The van der Waals surface area contributed by atoms with Crippen LogP contribution in [0.5, 0.6) is 11.5 Å². The molecular formula is C27H22Cl2FN3O5S. The minimum Gasteiger partial charge on any atom is -0.497 e. The fraction of sp³-hybridized carbons (Fsp3) is 0.185. The first-order chi connectivity index (χ1) is 18.6. The molecule has 1 fully saturated rings. The molecule has 0 unspecified atom stereocenters. The highest BCUT2D eigenvalue weighted by molar-refractivity contribution is 8.15. The number of esters is 1. The van der Waals surface area contributed by atoms with Crippen molar-refractivity contribution in [3.8, 4) is 11.5 Å². The van der Waals surface area contributed by atoms with E-state index in [9.17, 15) is 18.8 Å². The van der Waals surface area contributed by atoms with Crippen LogP contribution < -0.4 is 14.8 Å². The van der Waals surface area contributed by atoms with Crippen LogP contribution in [0, 0.1) is 5.82 Å². The number of nitrogens with zero attached hydrogens (tertiary/aromatic N) is 2. The molecule has 0 spiro atoms. The molecule has 2 amide bonds. The van der Waals surface area contributed by atoms with Gasteiger partial charge in [-0.25, -0.2) is 9.38 Å². The lowest BCUT2D eigenvalue weighted by Crippen LogP contribution is -2.33. The molecule has 4 rings (SSSR count). The lowest BCUT2D eigenvalue weighted by Gasteiger charge is -2.17. The Labute approximate surface area is 238 Å². The lowest BCUT2D eigenvalue weighted by molar-refractivity contribution is -0.132. The third kappa shape index (κ3) is 7.29. The van der Waals surface area contributed by atoms with Gasteiger partial charge in [0.2, 0.25) is 11.8 Å². The number of amides is 2. The molecule has 12 heteroatoms. The van der Waals surface area contributed by atoms with Crippen molar-refractivity contribution < 1.29 is 28.2 Å². The van der Waals surface area contributed by atoms with Gasteiger partial charge < -0.3 is 14.8 Å². The van der Waals surface area contributed by atoms with Crippen molar-refractivity contribution in [3.05, 3.63) is 82.1 Å². The number of ether oxygens (including phenoxy) is 2. The van der Waals surface area contributed by atoms with Gasteiger partial charge in [0.15, 0.2) is 10.9 Å². The SMILES string of the molecule is COc1ccc(CN2C(=O)[C@@H](CC(=O)Nc3cc(Cl)c(OC(C)=O)c(Cl)c3)SC2=Nc2ccc(F)cc2)cc1. The number of carbonyl (C=O) groups excluding carboxylic acids is 3. The first-order valence-electron chi connectivity index (χ1n) is 11.6. The molecule has 1 saturated heterocycles. The van der Waals surface area contributed by atoms with Crippen LogP contribution >= 0.6 is 35.0 Å². The molecule has 8 nitrogen and oxygen atoms in total. The Morgan fingerprint density at radius 2 is 1.72 bits per heavy atom. The number of thioether (sulfide) groups is 1. The first-order valence-corrected chi connectivity index (χ1v) is 13.2. The van der Waals surface area contributed by atoms with Gasteiger partial charge in [-0.1, -0.05) is 47.1 Å². The second-order valence-corrected chi connectivity index (χ2v) is 10.3. The molecule has 1 heterocycles. The molecule has 1 N–H and O–H groups in total. The number of amidine groups is 1. The van der Waals surface area contributed by atoms with Crippen molar-refractivity contribution in [2.24, 2.45) is 4.99 Å². The molecule has 1 atom stereocenters. The van der Waals surface area contributed by atoms with E-state index in [0.29, 0.717) is 16.6 Å². The molecule has 0 radical (unpaired) electrons. The van der Waals surface area contributed by atoms with Crippen molar-refractivity contribution in [3.63, 3.8) is 0 Å². The summed E-state index contributed by atoms with van der Waals surface area (Å²) in [6, 6.07) is 15.6. The summed E-state index contributed by atoms with van der Waals surface area (Å²) in [7, 11) is 1.56. The van der Waals surface area contributed by atoms with Crippen molar-refractivity contribution in [2.75, 3.05) is 12.4 Å². The van der Waals surface area contributed by atoms with Crippen LogP contribution in [0.3, 0.4) is 0 Å².